The number of nitrogens with one attached hydrogen (secondary N) is 1. The molecule has 1 atom stereocenters. The summed E-state index contributed by atoms with van der Waals surface area (Å²) in [4.78, 5) is 41.8. The van der Waals surface area contributed by atoms with Gasteiger partial charge in [0, 0.05) is 12.2 Å². The minimum Gasteiger partial charge on any atom is -0.319 e. The van der Waals surface area contributed by atoms with Crippen molar-refractivity contribution in [3.05, 3.63) is 66.2 Å². The van der Waals surface area contributed by atoms with Crippen LogP contribution in [0.4, 0.5) is 10.5 Å². The van der Waals surface area contributed by atoms with Gasteiger partial charge in [-0.15, -0.1) is 0 Å². The van der Waals surface area contributed by atoms with E-state index in [4.69, 9.17) is 5.26 Å². The summed E-state index contributed by atoms with van der Waals surface area (Å²) >= 11 is 0. The van der Waals surface area contributed by atoms with Crippen molar-refractivity contribution in [3.63, 3.8) is 0 Å². The normalized spacial score (nSPS) is 17.9. The largest absolute Gasteiger partial charge is 0.325 e. The summed E-state index contributed by atoms with van der Waals surface area (Å²) in [5.41, 5.74) is 0.162. The molecule has 1 N–H and O–H groups in total. The number of hydrogen-bond donors (Lipinski definition) is 1. The maximum Gasteiger partial charge on any atom is 0.325 e. The zero-order valence-corrected chi connectivity index (χ0v) is 17.6. The van der Waals surface area contributed by atoms with Crippen molar-refractivity contribution in [2.45, 2.75) is 38.1 Å². The van der Waals surface area contributed by atoms with Crippen molar-refractivity contribution < 1.29 is 14.4 Å². The van der Waals surface area contributed by atoms with Crippen molar-refractivity contribution >= 4 is 23.5 Å². The van der Waals surface area contributed by atoms with E-state index >= 15 is 0 Å². The minimum absolute atomic E-state index is 0.144. The summed E-state index contributed by atoms with van der Waals surface area (Å²) in [7, 11) is 0. The summed E-state index contributed by atoms with van der Waals surface area (Å²) in [5, 5.41) is 11.8. The Morgan fingerprint density at radius 3 is 2.35 bits per heavy atom. The number of carbonyl (C=O) groups is 3. The molecule has 1 fully saturated rings. The fourth-order valence-corrected chi connectivity index (χ4v) is 3.83. The first-order chi connectivity index (χ1) is 15.0. The molecule has 0 aliphatic carbocycles. The Hall–Kier alpha value is -3.66. The minimum atomic E-state index is -1.17. The highest BCUT2D eigenvalue weighted by molar-refractivity contribution is 6.10. The maximum absolute atomic E-state index is 13.5. The Labute approximate surface area is 182 Å². The lowest BCUT2D eigenvalue weighted by Gasteiger charge is -2.28. The molecule has 0 spiro atoms. The smallest absolute Gasteiger partial charge is 0.319 e. The molecule has 1 unspecified atom stereocenters. The summed E-state index contributed by atoms with van der Waals surface area (Å²) in [6.07, 6.45) is 2.22. The van der Waals surface area contributed by atoms with E-state index in [1.807, 2.05) is 49.4 Å². The number of carbonyl (C=O) groups excluding carboxylic acids is 3. The van der Waals surface area contributed by atoms with Gasteiger partial charge in [-0.1, -0.05) is 68.3 Å². The third-order valence-corrected chi connectivity index (χ3v) is 5.46. The number of nitrogens with zero attached hydrogens (tertiary/aromatic N) is 3. The lowest BCUT2D eigenvalue weighted by Crippen LogP contribution is -2.46. The highest BCUT2D eigenvalue weighted by atomic mass is 16.2. The Balaban J connectivity index is 1.87. The number of rotatable bonds is 9. The van der Waals surface area contributed by atoms with Crippen LogP contribution in [-0.2, 0) is 15.1 Å². The monoisotopic (exact) mass is 418 g/mol. The molecule has 1 aliphatic heterocycles. The molecule has 2 aromatic rings. The molecule has 1 saturated heterocycles. The average molecular weight is 418 g/mol. The number of urea groups is 1. The topological polar surface area (TPSA) is 93.5 Å². The fourth-order valence-electron chi connectivity index (χ4n) is 3.83. The van der Waals surface area contributed by atoms with E-state index in [0.29, 0.717) is 17.7 Å². The molecule has 0 bridgehead atoms. The second-order valence-corrected chi connectivity index (χ2v) is 7.49. The van der Waals surface area contributed by atoms with Gasteiger partial charge in [0.15, 0.2) is 0 Å². The molecule has 2 aromatic carbocycles. The summed E-state index contributed by atoms with van der Waals surface area (Å²) in [6.45, 7) is 1.82. The Kier molecular flexibility index (Phi) is 7.03. The molecule has 0 aromatic heterocycles. The van der Waals surface area contributed by atoms with Crippen molar-refractivity contribution in [1.82, 2.24) is 10.2 Å². The SMILES string of the molecule is CCCCC1(c2ccccc2)NC(=O)N(CC(=O)N(CCC#N)c2ccccc2)C1=O. The number of hydrogen-bond acceptors (Lipinski definition) is 4. The number of anilines is 1. The zero-order valence-electron chi connectivity index (χ0n) is 17.6. The predicted octanol–water partition coefficient (Wildman–Crippen LogP) is 3.57. The summed E-state index contributed by atoms with van der Waals surface area (Å²) in [5.74, 6) is -0.830. The van der Waals surface area contributed by atoms with Crippen LogP contribution in [0, 0.1) is 11.3 Å². The van der Waals surface area contributed by atoms with Gasteiger partial charge in [0.1, 0.15) is 12.1 Å². The van der Waals surface area contributed by atoms with E-state index in [1.165, 1.54) is 4.90 Å². The van der Waals surface area contributed by atoms with Crippen LogP contribution in [0.15, 0.2) is 60.7 Å². The Morgan fingerprint density at radius 1 is 1.10 bits per heavy atom. The van der Waals surface area contributed by atoms with Gasteiger partial charge in [0.25, 0.3) is 5.91 Å². The summed E-state index contributed by atoms with van der Waals surface area (Å²) in [6, 6.07) is 19.6. The average Bonchev–Trinajstić information content (AvgIpc) is 3.04. The molecular weight excluding hydrogens is 392 g/mol. The van der Waals surface area contributed by atoms with Gasteiger partial charge in [-0.25, -0.2) is 4.79 Å². The number of nitriles is 1. The number of imide groups is 1. The van der Waals surface area contributed by atoms with Gasteiger partial charge >= 0.3 is 6.03 Å². The van der Waals surface area contributed by atoms with Crippen molar-refractivity contribution in [1.29, 1.82) is 5.26 Å². The molecule has 0 saturated carbocycles. The highest BCUT2D eigenvalue weighted by Gasteiger charge is 2.52. The van der Waals surface area contributed by atoms with Crippen molar-refractivity contribution in [2.75, 3.05) is 18.0 Å². The number of amides is 4. The van der Waals surface area contributed by atoms with Crippen LogP contribution in [0.1, 0.15) is 38.2 Å². The van der Waals surface area contributed by atoms with E-state index in [1.54, 1.807) is 24.3 Å². The van der Waals surface area contributed by atoms with E-state index in [-0.39, 0.29) is 19.5 Å². The number of unbranched alkanes of at least 4 members (excludes halogenated alkanes) is 1. The second-order valence-electron chi connectivity index (χ2n) is 7.49. The molecule has 3 rings (SSSR count). The Morgan fingerprint density at radius 2 is 1.74 bits per heavy atom. The van der Waals surface area contributed by atoms with Gasteiger partial charge < -0.3 is 10.2 Å². The first kappa shape index (κ1) is 22.0. The van der Waals surface area contributed by atoms with Crippen molar-refractivity contribution in [3.8, 4) is 6.07 Å². The summed E-state index contributed by atoms with van der Waals surface area (Å²) < 4.78 is 0. The maximum atomic E-state index is 13.5. The Bertz CT molecular complexity index is 971. The van der Waals surface area contributed by atoms with Crippen LogP contribution in [0.25, 0.3) is 0 Å². The van der Waals surface area contributed by atoms with Gasteiger partial charge in [-0.2, -0.15) is 5.26 Å². The second kappa shape index (κ2) is 9.90. The van der Waals surface area contributed by atoms with E-state index in [2.05, 4.69) is 5.32 Å². The number of benzene rings is 2. The molecular formula is C24H26N4O3. The lowest BCUT2D eigenvalue weighted by molar-refractivity contribution is -0.134. The molecule has 31 heavy (non-hydrogen) atoms. The van der Waals surface area contributed by atoms with Crippen LogP contribution >= 0.6 is 0 Å². The molecule has 7 nitrogen and oxygen atoms in total. The van der Waals surface area contributed by atoms with E-state index in [9.17, 15) is 14.4 Å². The molecule has 7 heteroatoms. The first-order valence-corrected chi connectivity index (χ1v) is 10.5. The van der Waals surface area contributed by atoms with Crippen LogP contribution in [0.2, 0.25) is 0 Å². The quantitative estimate of drug-likeness (QED) is 0.630. The predicted molar refractivity (Wildman–Crippen MR) is 117 cm³/mol. The third kappa shape index (κ3) is 4.58. The van der Waals surface area contributed by atoms with E-state index < -0.39 is 23.4 Å². The first-order valence-electron chi connectivity index (χ1n) is 10.5. The van der Waals surface area contributed by atoms with Crippen LogP contribution in [0.3, 0.4) is 0 Å². The number of para-hydroxylation sites is 1. The third-order valence-electron chi connectivity index (χ3n) is 5.46. The van der Waals surface area contributed by atoms with Gasteiger partial charge in [-0.3, -0.25) is 14.5 Å². The fraction of sp³-hybridized carbons (Fsp3) is 0.333. The molecule has 160 valence electrons. The van der Waals surface area contributed by atoms with Crippen LogP contribution < -0.4 is 10.2 Å². The van der Waals surface area contributed by atoms with Crippen LogP contribution in [0.5, 0.6) is 0 Å². The molecule has 0 radical (unpaired) electrons. The van der Waals surface area contributed by atoms with E-state index in [0.717, 1.165) is 17.7 Å². The van der Waals surface area contributed by atoms with Crippen LogP contribution in [-0.4, -0.2) is 35.8 Å². The van der Waals surface area contributed by atoms with Gasteiger partial charge in [0.2, 0.25) is 5.91 Å². The standard InChI is InChI=1S/C24H26N4O3/c1-2-3-15-24(19-11-6-4-7-12-19)22(30)28(23(31)26-24)18-21(29)27(17-10-16-25)20-13-8-5-9-14-20/h4-9,11-14H,2-3,10,15,17-18H2,1H3,(H,26,31). The van der Waals surface area contributed by atoms with Gasteiger partial charge in [0.05, 0.1) is 12.5 Å². The van der Waals surface area contributed by atoms with Gasteiger partial charge in [-0.05, 0) is 24.1 Å². The molecule has 1 aliphatic rings. The highest BCUT2D eigenvalue weighted by Crippen LogP contribution is 2.34. The molecule has 4 amide bonds. The van der Waals surface area contributed by atoms with Crippen molar-refractivity contribution in [2.24, 2.45) is 0 Å². The zero-order chi connectivity index (χ0) is 22.3. The molecule has 1 heterocycles. The lowest BCUT2D eigenvalue weighted by atomic mass is 9.85.